The lowest BCUT2D eigenvalue weighted by Crippen LogP contribution is -2.29. The first kappa shape index (κ1) is 14.0. The Morgan fingerprint density at radius 2 is 2.00 bits per heavy atom. The maximum absolute atomic E-state index is 4.86. The van der Waals surface area contributed by atoms with Crippen molar-refractivity contribution in [3.63, 3.8) is 0 Å². The second-order valence-corrected chi connectivity index (χ2v) is 6.65. The SMILES string of the molecule is CCC(CC)C(NC1CC1)c1nc(C(C)C)cs1. The van der Waals surface area contributed by atoms with Crippen molar-refractivity contribution in [2.45, 2.75) is 71.4 Å². The first-order valence-electron chi connectivity index (χ1n) is 7.37. The molecule has 1 heterocycles. The van der Waals surface area contributed by atoms with Crippen LogP contribution in [0.1, 0.15) is 76.0 Å². The minimum absolute atomic E-state index is 0.477. The summed E-state index contributed by atoms with van der Waals surface area (Å²) in [6.07, 6.45) is 5.16. The van der Waals surface area contributed by atoms with Gasteiger partial charge >= 0.3 is 0 Å². The highest BCUT2D eigenvalue weighted by atomic mass is 32.1. The van der Waals surface area contributed by atoms with Crippen molar-refractivity contribution in [3.05, 3.63) is 16.1 Å². The average molecular weight is 266 g/mol. The van der Waals surface area contributed by atoms with Gasteiger partial charge in [0.25, 0.3) is 0 Å². The highest BCUT2D eigenvalue weighted by molar-refractivity contribution is 7.09. The van der Waals surface area contributed by atoms with Crippen LogP contribution in [0, 0.1) is 5.92 Å². The topological polar surface area (TPSA) is 24.9 Å². The summed E-state index contributed by atoms with van der Waals surface area (Å²) < 4.78 is 0. The molecule has 1 unspecified atom stereocenters. The molecule has 1 aromatic rings. The molecule has 3 heteroatoms. The Bertz CT molecular complexity index is 364. The second-order valence-electron chi connectivity index (χ2n) is 5.76. The van der Waals surface area contributed by atoms with Crippen molar-refractivity contribution in [1.82, 2.24) is 10.3 Å². The summed E-state index contributed by atoms with van der Waals surface area (Å²) in [4.78, 5) is 4.86. The predicted octanol–water partition coefficient (Wildman–Crippen LogP) is 4.50. The van der Waals surface area contributed by atoms with Crippen molar-refractivity contribution >= 4 is 11.3 Å². The summed E-state index contributed by atoms with van der Waals surface area (Å²) in [5.41, 5.74) is 1.25. The molecule has 0 aliphatic heterocycles. The van der Waals surface area contributed by atoms with Crippen molar-refractivity contribution in [3.8, 4) is 0 Å². The Labute approximate surface area is 115 Å². The first-order chi connectivity index (χ1) is 8.65. The zero-order chi connectivity index (χ0) is 13.1. The van der Waals surface area contributed by atoms with Gasteiger partial charge in [0.2, 0.25) is 0 Å². The molecule has 1 saturated carbocycles. The Morgan fingerprint density at radius 1 is 1.33 bits per heavy atom. The Hall–Kier alpha value is -0.410. The van der Waals surface area contributed by atoms with E-state index in [0.29, 0.717) is 12.0 Å². The molecule has 2 nitrogen and oxygen atoms in total. The molecule has 1 aliphatic rings. The Kier molecular flexibility index (Phi) is 4.79. The smallest absolute Gasteiger partial charge is 0.110 e. The molecule has 0 spiro atoms. The quantitative estimate of drug-likeness (QED) is 0.786. The number of rotatable bonds is 7. The summed E-state index contributed by atoms with van der Waals surface area (Å²) in [5, 5.41) is 7.35. The van der Waals surface area contributed by atoms with Gasteiger partial charge in [-0.15, -0.1) is 11.3 Å². The van der Waals surface area contributed by atoms with Crippen LogP contribution in [0.15, 0.2) is 5.38 Å². The highest BCUT2D eigenvalue weighted by Gasteiger charge is 2.30. The van der Waals surface area contributed by atoms with Crippen LogP contribution < -0.4 is 5.32 Å². The standard InChI is InChI=1S/C15H26N2S/c1-5-11(6-2)14(16-12-7-8-12)15-17-13(9-18-15)10(3)4/h9-12,14,16H,5-8H2,1-4H3. The maximum Gasteiger partial charge on any atom is 0.110 e. The molecule has 0 bridgehead atoms. The van der Waals surface area contributed by atoms with Crippen LogP contribution in [0.2, 0.25) is 0 Å². The fraction of sp³-hybridized carbons (Fsp3) is 0.800. The Morgan fingerprint density at radius 3 is 2.44 bits per heavy atom. The zero-order valence-electron chi connectivity index (χ0n) is 12.1. The second kappa shape index (κ2) is 6.16. The molecule has 18 heavy (non-hydrogen) atoms. The summed E-state index contributed by atoms with van der Waals surface area (Å²) in [6, 6.07) is 1.23. The zero-order valence-corrected chi connectivity index (χ0v) is 12.9. The van der Waals surface area contributed by atoms with Crippen molar-refractivity contribution in [2.24, 2.45) is 5.92 Å². The molecule has 0 amide bonds. The molecule has 1 N–H and O–H groups in total. The van der Waals surface area contributed by atoms with Crippen LogP contribution >= 0.6 is 11.3 Å². The van der Waals surface area contributed by atoms with Crippen LogP contribution in [-0.2, 0) is 0 Å². The molecule has 0 radical (unpaired) electrons. The first-order valence-corrected chi connectivity index (χ1v) is 8.25. The van der Waals surface area contributed by atoms with Crippen LogP contribution in [0.5, 0.6) is 0 Å². The minimum Gasteiger partial charge on any atom is -0.305 e. The molecule has 1 aromatic heterocycles. The average Bonchev–Trinajstić information content (AvgIpc) is 3.03. The lowest BCUT2D eigenvalue weighted by atomic mass is 9.94. The van der Waals surface area contributed by atoms with E-state index in [1.54, 1.807) is 0 Å². The Balaban J connectivity index is 2.14. The van der Waals surface area contributed by atoms with Crippen molar-refractivity contribution in [1.29, 1.82) is 0 Å². The van der Waals surface area contributed by atoms with Crippen LogP contribution in [0.4, 0.5) is 0 Å². The predicted molar refractivity (Wildman–Crippen MR) is 79.2 cm³/mol. The van der Waals surface area contributed by atoms with E-state index < -0.39 is 0 Å². The number of hydrogen-bond donors (Lipinski definition) is 1. The molecule has 0 aromatic carbocycles. The third-order valence-electron chi connectivity index (χ3n) is 3.91. The molecule has 0 saturated heterocycles. The number of nitrogens with one attached hydrogen (secondary N) is 1. The summed E-state index contributed by atoms with van der Waals surface area (Å²) in [5.74, 6) is 1.26. The normalized spacial score (nSPS) is 17.7. The van der Waals surface area contributed by atoms with E-state index in [2.05, 4.69) is 38.4 Å². The number of aromatic nitrogens is 1. The van der Waals surface area contributed by atoms with Crippen molar-refractivity contribution < 1.29 is 0 Å². The van der Waals surface area contributed by atoms with Gasteiger partial charge in [0, 0.05) is 11.4 Å². The van der Waals surface area contributed by atoms with Gasteiger partial charge in [-0.3, -0.25) is 0 Å². The van der Waals surface area contributed by atoms with Gasteiger partial charge in [-0.1, -0.05) is 40.5 Å². The van der Waals surface area contributed by atoms with Crippen LogP contribution in [0.25, 0.3) is 0 Å². The number of nitrogens with zero attached hydrogens (tertiary/aromatic N) is 1. The van der Waals surface area contributed by atoms with Crippen LogP contribution in [0.3, 0.4) is 0 Å². The summed E-state index contributed by atoms with van der Waals surface area (Å²) in [7, 11) is 0. The molecular weight excluding hydrogens is 240 g/mol. The van der Waals surface area contributed by atoms with E-state index in [9.17, 15) is 0 Å². The molecule has 1 fully saturated rings. The lowest BCUT2D eigenvalue weighted by Gasteiger charge is -2.24. The van der Waals surface area contributed by atoms with Gasteiger partial charge < -0.3 is 5.32 Å². The summed E-state index contributed by atoms with van der Waals surface area (Å²) >= 11 is 1.84. The molecule has 102 valence electrons. The third kappa shape index (κ3) is 3.33. The fourth-order valence-corrected chi connectivity index (χ4v) is 3.51. The lowest BCUT2D eigenvalue weighted by molar-refractivity contribution is 0.337. The van der Waals surface area contributed by atoms with Gasteiger partial charge in [0.15, 0.2) is 0 Å². The van der Waals surface area contributed by atoms with E-state index in [1.165, 1.54) is 36.4 Å². The fourth-order valence-electron chi connectivity index (χ4n) is 2.38. The molecular formula is C15H26N2S. The van der Waals surface area contributed by atoms with E-state index in [4.69, 9.17) is 4.98 Å². The monoisotopic (exact) mass is 266 g/mol. The van der Waals surface area contributed by atoms with Gasteiger partial charge in [-0.05, 0) is 24.7 Å². The van der Waals surface area contributed by atoms with E-state index in [-0.39, 0.29) is 0 Å². The van der Waals surface area contributed by atoms with Gasteiger partial charge in [-0.2, -0.15) is 0 Å². The minimum atomic E-state index is 0.477. The van der Waals surface area contributed by atoms with Crippen molar-refractivity contribution in [2.75, 3.05) is 0 Å². The van der Waals surface area contributed by atoms with E-state index >= 15 is 0 Å². The third-order valence-corrected chi connectivity index (χ3v) is 4.86. The van der Waals surface area contributed by atoms with Gasteiger partial charge in [-0.25, -0.2) is 4.98 Å². The van der Waals surface area contributed by atoms with Crippen LogP contribution in [-0.4, -0.2) is 11.0 Å². The van der Waals surface area contributed by atoms with E-state index in [1.807, 2.05) is 11.3 Å². The number of hydrogen-bond acceptors (Lipinski definition) is 3. The maximum atomic E-state index is 4.86. The van der Waals surface area contributed by atoms with E-state index in [0.717, 1.165) is 12.0 Å². The number of thiazole rings is 1. The molecule has 2 rings (SSSR count). The highest BCUT2D eigenvalue weighted by Crippen LogP contribution is 2.34. The molecule has 1 aliphatic carbocycles. The van der Waals surface area contributed by atoms with Gasteiger partial charge in [0.1, 0.15) is 5.01 Å². The van der Waals surface area contributed by atoms with Gasteiger partial charge in [0.05, 0.1) is 11.7 Å². The molecule has 1 atom stereocenters. The summed E-state index contributed by atoms with van der Waals surface area (Å²) in [6.45, 7) is 9.04. The largest absolute Gasteiger partial charge is 0.305 e.